The smallest absolute Gasteiger partial charge is 0.329 e. The number of hydrogen-bond acceptors (Lipinski definition) is 4. The zero-order valence-corrected chi connectivity index (χ0v) is 14.5. The first-order valence-corrected chi connectivity index (χ1v) is 8.42. The van der Waals surface area contributed by atoms with Gasteiger partial charge in [0, 0.05) is 17.7 Å². The Bertz CT molecular complexity index is 657. The van der Waals surface area contributed by atoms with Gasteiger partial charge < -0.3 is 20.5 Å². The zero-order valence-electron chi connectivity index (χ0n) is 14.5. The van der Waals surface area contributed by atoms with Crippen molar-refractivity contribution in [3.63, 3.8) is 0 Å². The van der Waals surface area contributed by atoms with Crippen molar-refractivity contribution < 1.29 is 24.2 Å². The van der Waals surface area contributed by atoms with Crippen LogP contribution in [0.2, 0.25) is 0 Å². The summed E-state index contributed by atoms with van der Waals surface area (Å²) >= 11 is 0. The van der Waals surface area contributed by atoms with E-state index in [-0.39, 0.29) is 18.4 Å². The number of carbonyl (C=O) groups is 3. The molecule has 0 aliphatic heterocycles. The summed E-state index contributed by atoms with van der Waals surface area (Å²) < 4.78 is 5.41. The average molecular weight is 348 g/mol. The molecule has 1 fully saturated rings. The first-order valence-electron chi connectivity index (χ1n) is 8.42. The maximum atomic E-state index is 12.0. The quantitative estimate of drug-likeness (QED) is 0.634. The van der Waals surface area contributed by atoms with Crippen LogP contribution in [0.3, 0.4) is 0 Å². The lowest BCUT2D eigenvalue weighted by Gasteiger charge is -2.25. The third-order valence-corrected chi connectivity index (χ3v) is 4.06. The lowest BCUT2D eigenvalue weighted by molar-refractivity contribution is -0.147. The summed E-state index contributed by atoms with van der Waals surface area (Å²) in [7, 11) is 0. The number of benzene rings is 1. The van der Waals surface area contributed by atoms with Gasteiger partial charge in [-0.25, -0.2) is 4.79 Å². The molecule has 1 aliphatic carbocycles. The summed E-state index contributed by atoms with van der Waals surface area (Å²) in [4.78, 5) is 35.1. The Balaban J connectivity index is 1.88. The summed E-state index contributed by atoms with van der Waals surface area (Å²) in [5, 5.41) is 14.6. The molecule has 0 heterocycles. The predicted octanol–water partition coefficient (Wildman–Crippen LogP) is 2.17. The molecule has 2 rings (SSSR count). The van der Waals surface area contributed by atoms with Crippen LogP contribution in [0.4, 0.5) is 5.69 Å². The maximum Gasteiger partial charge on any atom is 0.329 e. The summed E-state index contributed by atoms with van der Waals surface area (Å²) in [5.74, 6) is -1.07. The van der Waals surface area contributed by atoms with Gasteiger partial charge in [-0.1, -0.05) is 19.4 Å². The highest BCUT2D eigenvalue weighted by atomic mass is 16.5. The normalized spacial score (nSPS) is 15.8. The fourth-order valence-electron chi connectivity index (χ4n) is 2.47. The van der Waals surface area contributed by atoms with Crippen LogP contribution in [0.1, 0.15) is 39.5 Å². The SMILES string of the molecule is CCCC(C)(NC(=O)COc1cccc(NC(=O)C2CC2)c1)C(=O)O. The van der Waals surface area contributed by atoms with Crippen molar-refractivity contribution in [2.75, 3.05) is 11.9 Å². The second kappa shape index (κ2) is 8.00. The molecule has 1 aliphatic rings. The third-order valence-electron chi connectivity index (χ3n) is 4.06. The van der Waals surface area contributed by atoms with Crippen LogP contribution in [-0.4, -0.2) is 35.0 Å². The fourth-order valence-corrected chi connectivity index (χ4v) is 2.47. The van der Waals surface area contributed by atoms with E-state index in [1.807, 2.05) is 6.92 Å². The number of aliphatic carboxylic acids is 1. The van der Waals surface area contributed by atoms with E-state index in [0.717, 1.165) is 12.8 Å². The molecule has 0 bridgehead atoms. The zero-order chi connectivity index (χ0) is 18.4. The molecule has 1 unspecified atom stereocenters. The van der Waals surface area contributed by atoms with Crippen molar-refractivity contribution >= 4 is 23.5 Å². The lowest BCUT2D eigenvalue weighted by Crippen LogP contribution is -2.53. The van der Waals surface area contributed by atoms with E-state index in [2.05, 4.69) is 10.6 Å². The molecule has 7 heteroatoms. The highest BCUT2D eigenvalue weighted by Gasteiger charge is 2.33. The van der Waals surface area contributed by atoms with Crippen molar-refractivity contribution in [1.82, 2.24) is 5.32 Å². The molecular formula is C18H24N2O5. The minimum atomic E-state index is -1.31. The first kappa shape index (κ1) is 18.8. The van der Waals surface area contributed by atoms with E-state index in [4.69, 9.17) is 4.74 Å². The first-order chi connectivity index (χ1) is 11.8. The largest absolute Gasteiger partial charge is 0.484 e. The minimum absolute atomic E-state index is 0.00770. The number of carbonyl (C=O) groups excluding carboxylic acids is 2. The predicted molar refractivity (Wildman–Crippen MR) is 92.4 cm³/mol. The van der Waals surface area contributed by atoms with Crippen molar-refractivity contribution in [1.29, 1.82) is 0 Å². The number of rotatable bonds is 9. The molecular weight excluding hydrogens is 324 g/mol. The van der Waals surface area contributed by atoms with Gasteiger partial charge in [0.1, 0.15) is 11.3 Å². The number of hydrogen-bond donors (Lipinski definition) is 3. The Hall–Kier alpha value is -2.57. The topological polar surface area (TPSA) is 105 Å². The Morgan fingerprint density at radius 1 is 1.32 bits per heavy atom. The van der Waals surface area contributed by atoms with Crippen LogP contribution in [0.15, 0.2) is 24.3 Å². The van der Waals surface area contributed by atoms with Gasteiger partial charge in [0.15, 0.2) is 6.61 Å². The van der Waals surface area contributed by atoms with E-state index in [1.165, 1.54) is 6.92 Å². The Morgan fingerprint density at radius 3 is 2.64 bits per heavy atom. The van der Waals surface area contributed by atoms with Gasteiger partial charge >= 0.3 is 5.97 Å². The standard InChI is InChI=1S/C18H24N2O5/c1-3-9-18(2,17(23)24)20-15(21)11-25-14-6-4-5-13(10-14)19-16(22)12-7-8-12/h4-6,10,12H,3,7-9,11H2,1-2H3,(H,19,22)(H,20,21)(H,23,24). The minimum Gasteiger partial charge on any atom is -0.484 e. The number of carboxylic acids is 1. The fraction of sp³-hybridized carbons (Fsp3) is 0.500. The van der Waals surface area contributed by atoms with Crippen LogP contribution < -0.4 is 15.4 Å². The number of carboxylic acid groups (broad SMARTS) is 1. The lowest BCUT2D eigenvalue weighted by atomic mass is 9.96. The second-order valence-electron chi connectivity index (χ2n) is 6.52. The average Bonchev–Trinajstić information content (AvgIpc) is 3.38. The number of ether oxygens (including phenoxy) is 1. The van der Waals surface area contributed by atoms with Crippen molar-refractivity contribution in [3.05, 3.63) is 24.3 Å². The van der Waals surface area contributed by atoms with Gasteiger partial charge in [0.05, 0.1) is 0 Å². The molecule has 1 aromatic rings. The Morgan fingerprint density at radius 2 is 2.04 bits per heavy atom. The van der Waals surface area contributed by atoms with Gasteiger partial charge in [0.25, 0.3) is 5.91 Å². The van der Waals surface area contributed by atoms with E-state index < -0.39 is 17.4 Å². The summed E-state index contributed by atoms with van der Waals surface area (Å²) in [6.07, 6.45) is 2.80. The molecule has 0 saturated heterocycles. The van der Waals surface area contributed by atoms with Gasteiger partial charge in [-0.2, -0.15) is 0 Å². The molecule has 0 aromatic heterocycles. The summed E-state index contributed by atoms with van der Waals surface area (Å²) in [6, 6.07) is 6.77. The molecule has 1 atom stereocenters. The van der Waals surface area contributed by atoms with Crippen LogP contribution in [0.25, 0.3) is 0 Å². The molecule has 3 N–H and O–H groups in total. The van der Waals surface area contributed by atoms with Gasteiger partial charge in [-0.15, -0.1) is 0 Å². The molecule has 25 heavy (non-hydrogen) atoms. The summed E-state index contributed by atoms with van der Waals surface area (Å²) in [5.41, 5.74) is -0.703. The van der Waals surface area contributed by atoms with Gasteiger partial charge in [-0.05, 0) is 38.3 Å². The van der Waals surface area contributed by atoms with Crippen molar-refractivity contribution in [2.24, 2.45) is 5.92 Å². The molecule has 7 nitrogen and oxygen atoms in total. The van der Waals surface area contributed by atoms with Crippen molar-refractivity contribution in [3.8, 4) is 5.75 Å². The van der Waals surface area contributed by atoms with Crippen LogP contribution in [-0.2, 0) is 14.4 Å². The highest BCUT2D eigenvalue weighted by molar-refractivity contribution is 5.94. The van der Waals surface area contributed by atoms with Crippen LogP contribution in [0, 0.1) is 5.92 Å². The Labute approximate surface area is 146 Å². The maximum absolute atomic E-state index is 12.0. The number of amides is 2. The van der Waals surface area contributed by atoms with Crippen LogP contribution in [0.5, 0.6) is 5.75 Å². The highest BCUT2D eigenvalue weighted by Crippen LogP contribution is 2.30. The number of nitrogens with one attached hydrogen (secondary N) is 2. The van der Waals surface area contributed by atoms with Gasteiger partial charge in [-0.3, -0.25) is 9.59 Å². The van der Waals surface area contributed by atoms with E-state index in [9.17, 15) is 19.5 Å². The molecule has 2 amide bonds. The number of anilines is 1. The molecule has 0 spiro atoms. The molecule has 0 radical (unpaired) electrons. The molecule has 1 aromatic carbocycles. The second-order valence-corrected chi connectivity index (χ2v) is 6.52. The van der Waals surface area contributed by atoms with Crippen LogP contribution >= 0.6 is 0 Å². The molecule has 136 valence electrons. The van der Waals surface area contributed by atoms with Crippen molar-refractivity contribution in [2.45, 2.75) is 45.1 Å². The third kappa shape index (κ3) is 5.48. The molecule has 1 saturated carbocycles. The van der Waals surface area contributed by atoms with E-state index >= 15 is 0 Å². The summed E-state index contributed by atoms with van der Waals surface area (Å²) in [6.45, 7) is 3.03. The monoisotopic (exact) mass is 348 g/mol. The van der Waals surface area contributed by atoms with Gasteiger partial charge in [0.2, 0.25) is 5.91 Å². The van der Waals surface area contributed by atoms with E-state index in [0.29, 0.717) is 24.3 Å². The Kier molecular flexibility index (Phi) is 6.01. The van der Waals surface area contributed by atoms with E-state index in [1.54, 1.807) is 24.3 Å².